The normalized spacial score (nSPS) is 8.96. The molecule has 1 aromatic heterocycles. The molecule has 11 heteroatoms. The summed E-state index contributed by atoms with van der Waals surface area (Å²) in [6.45, 7) is 3.47. The number of rotatable bonds is 3. The number of anilines is 1. The zero-order chi connectivity index (χ0) is 17.8. The Bertz CT molecular complexity index is 631. The van der Waals surface area contributed by atoms with Crippen LogP contribution in [0.2, 0.25) is 0 Å². The molecule has 2 rings (SSSR count). The lowest BCUT2D eigenvalue weighted by Crippen LogP contribution is -2.13. The van der Waals surface area contributed by atoms with Crippen LogP contribution in [0.4, 0.5) is 5.82 Å². The third-order valence-corrected chi connectivity index (χ3v) is 2.37. The van der Waals surface area contributed by atoms with E-state index in [1.165, 1.54) is 10.9 Å². The van der Waals surface area contributed by atoms with Gasteiger partial charge in [-0.05, 0) is 24.6 Å². The second-order valence-corrected chi connectivity index (χ2v) is 4.03. The zero-order valence-electron chi connectivity index (χ0n) is 12.2. The van der Waals surface area contributed by atoms with E-state index in [-0.39, 0.29) is 0 Å². The molecule has 0 unspecified atom stereocenters. The molecule has 0 amide bonds. The Morgan fingerprint density at radius 3 is 2.26 bits per heavy atom. The monoisotopic (exact) mass is 327 g/mol. The maximum atomic E-state index is 8.36. The summed E-state index contributed by atoms with van der Waals surface area (Å²) in [5.41, 5.74) is 7.70. The smallest absolute Gasteiger partial charge is 0.291 e. The van der Waals surface area contributed by atoms with Crippen molar-refractivity contribution in [2.45, 2.75) is 6.92 Å². The van der Waals surface area contributed by atoms with Gasteiger partial charge < -0.3 is 21.5 Å². The molecule has 0 radical (unpaired) electrons. The van der Waals surface area contributed by atoms with Crippen LogP contribution in [-0.2, 0) is 0 Å². The van der Waals surface area contributed by atoms with Crippen LogP contribution in [-0.4, -0.2) is 38.7 Å². The molecule has 0 spiro atoms. The fourth-order valence-corrected chi connectivity index (χ4v) is 1.64. The summed E-state index contributed by atoms with van der Waals surface area (Å²) in [5, 5.41) is 31.7. The molecular formula is C12H17N5O6. The van der Waals surface area contributed by atoms with Crippen molar-refractivity contribution in [1.29, 1.82) is 0 Å². The third-order valence-electron chi connectivity index (χ3n) is 2.37. The first kappa shape index (κ1) is 19.8. The standard InChI is InChI=1S/C12H15N3.2HNO3/c1-9-8-12(14-7-6-13)15-11-5-3-2-4-10(9)11;2*2-1(3)4/h2-5,8H,6-7,13H2,1H3,(H,14,15);2*(H,2,3,4). The topological polar surface area (TPSA) is 178 Å². The number of hydrogen-bond acceptors (Lipinski definition) is 7. The summed E-state index contributed by atoms with van der Waals surface area (Å²) in [4.78, 5) is 21.2. The number of nitrogens with two attached hydrogens (primary N) is 1. The van der Waals surface area contributed by atoms with Crippen LogP contribution >= 0.6 is 0 Å². The second-order valence-electron chi connectivity index (χ2n) is 4.03. The van der Waals surface area contributed by atoms with Gasteiger partial charge >= 0.3 is 0 Å². The molecule has 1 aromatic carbocycles. The predicted octanol–water partition coefficient (Wildman–Crippen LogP) is 1.22. The predicted molar refractivity (Wildman–Crippen MR) is 81.6 cm³/mol. The molecule has 0 aliphatic rings. The number of nitrogens with zero attached hydrogens (tertiary/aromatic N) is 3. The average molecular weight is 327 g/mol. The van der Waals surface area contributed by atoms with Crippen molar-refractivity contribution >= 4 is 16.7 Å². The highest BCUT2D eigenvalue weighted by Crippen LogP contribution is 2.19. The largest absolute Gasteiger partial charge is 0.369 e. The lowest BCUT2D eigenvalue weighted by Gasteiger charge is -2.07. The fraction of sp³-hybridized carbons (Fsp3) is 0.250. The highest BCUT2D eigenvalue weighted by Gasteiger charge is 2.00. The Hall–Kier alpha value is -3.21. The molecule has 5 N–H and O–H groups in total. The molecule has 23 heavy (non-hydrogen) atoms. The van der Waals surface area contributed by atoms with Crippen molar-refractivity contribution in [2.75, 3.05) is 18.4 Å². The van der Waals surface area contributed by atoms with E-state index in [4.69, 9.17) is 36.4 Å². The first-order valence-electron chi connectivity index (χ1n) is 6.24. The van der Waals surface area contributed by atoms with Gasteiger partial charge in [-0.2, -0.15) is 0 Å². The number of para-hydroxylation sites is 1. The molecule has 0 bridgehead atoms. The summed E-state index contributed by atoms with van der Waals surface area (Å²) in [7, 11) is 0. The van der Waals surface area contributed by atoms with Crippen molar-refractivity contribution in [2.24, 2.45) is 5.73 Å². The summed E-state index contributed by atoms with van der Waals surface area (Å²) in [6, 6.07) is 10.2. The van der Waals surface area contributed by atoms with Gasteiger partial charge in [0.15, 0.2) is 0 Å². The van der Waals surface area contributed by atoms with Crippen molar-refractivity contribution in [3.8, 4) is 0 Å². The fourth-order valence-electron chi connectivity index (χ4n) is 1.64. The quantitative estimate of drug-likeness (QED) is 0.476. The van der Waals surface area contributed by atoms with E-state index in [9.17, 15) is 0 Å². The van der Waals surface area contributed by atoms with Crippen LogP contribution < -0.4 is 11.1 Å². The average Bonchev–Trinajstić information content (AvgIpc) is 2.44. The molecular weight excluding hydrogens is 310 g/mol. The van der Waals surface area contributed by atoms with Crippen LogP contribution in [0.1, 0.15) is 5.56 Å². The number of aryl methyl sites for hydroxylation is 1. The zero-order valence-corrected chi connectivity index (χ0v) is 12.2. The molecule has 0 atom stereocenters. The van der Waals surface area contributed by atoms with Gasteiger partial charge in [0.2, 0.25) is 0 Å². The van der Waals surface area contributed by atoms with Crippen LogP contribution in [0, 0.1) is 27.2 Å². The summed E-state index contributed by atoms with van der Waals surface area (Å²) in [6.07, 6.45) is 0. The van der Waals surface area contributed by atoms with E-state index >= 15 is 0 Å². The Morgan fingerprint density at radius 2 is 1.74 bits per heavy atom. The van der Waals surface area contributed by atoms with Gasteiger partial charge in [0.05, 0.1) is 5.52 Å². The van der Waals surface area contributed by atoms with Crippen LogP contribution in [0.3, 0.4) is 0 Å². The first-order chi connectivity index (χ1) is 10.8. The minimum atomic E-state index is -1.50. The highest BCUT2D eigenvalue weighted by atomic mass is 16.9. The van der Waals surface area contributed by atoms with Crippen LogP contribution in [0.25, 0.3) is 10.9 Å². The van der Waals surface area contributed by atoms with Gasteiger partial charge in [-0.25, -0.2) is 4.98 Å². The van der Waals surface area contributed by atoms with Crippen molar-refractivity contribution in [1.82, 2.24) is 4.98 Å². The van der Waals surface area contributed by atoms with E-state index in [2.05, 4.69) is 29.4 Å². The Morgan fingerprint density at radius 1 is 1.22 bits per heavy atom. The minimum absolute atomic E-state index is 0.619. The van der Waals surface area contributed by atoms with E-state index in [1.54, 1.807) is 0 Å². The van der Waals surface area contributed by atoms with E-state index < -0.39 is 10.2 Å². The first-order valence-corrected chi connectivity index (χ1v) is 6.24. The third kappa shape index (κ3) is 9.36. The Kier molecular flexibility index (Phi) is 9.04. The van der Waals surface area contributed by atoms with Crippen molar-refractivity contribution in [3.63, 3.8) is 0 Å². The molecule has 0 aliphatic heterocycles. The molecule has 11 nitrogen and oxygen atoms in total. The Balaban J connectivity index is 0.000000509. The van der Waals surface area contributed by atoms with Crippen LogP contribution in [0.15, 0.2) is 30.3 Å². The maximum absolute atomic E-state index is 8.36. The van der Waals surface area contributed by atoms with E-state index in [1.807, 2.05) is 18.2 Å². The van der Waals surface area contributed by atoms with Crippen molar-refractivity contribution in [3.05, 3.63) is 56.1 Å². The molecule has 0 aliphatic carbocycles. The van der Waals surface area contributed by atoms with Gasteiger partial charge in [-0.15, -0.1) is 20.2 Å². The Labute approximate surface area is 130 Å². The lowest BCUT2D eigenvalue weighted by molar-refractivity contribution is -0.742. The molecule has 2 aromatic rings. The summed E-state index contributed by atoms with van der Waals surface area (Å²) < 4.78 is 0. The number of pyridine rings is 1. The van der Waals surface area contributed by atoms with Gasteiger partial charge in [0.25, 0.3) is 10.2 Å². The maximum Gasteiger partial charge on any atom is 0.291 e. The van der Waals surface area contributed by atoms with E-state index in [0.717, 1.165) is 17.9 Å². The number of nitrogens with one attached hydrogen (secondary N) is 1. The van der Waals surface area contributed by atoms with E-state index in [0.29, 0.717) is 6.54 Å². The summed E-state index contributed by atoms with van der Waals surface area (Å²) in [5.74, 6) is 0.900. The number of benzene rings is 1. The minimum Gasteiger partial charge on any atom is -0.369 e. The SMILES string of the molecule is Cc1cc(NCCN)nc2ccccc12.O=[N+]([O-])O.O=[N+]([O-])O. The molecule has 1 heterocycles. The second kappa shape index (κ2) is 10.5. The van der Waals surface area contributed by atoms with Gasteiger partial charge in [0.1, 0.15) is 5.82 Å². The van der Waals surface area contributed by atoms with Gasteiger partial charge in [-0.1, -0.05) is 18.2 Å². The molecule has 0 saturated carbocycles. The van der Waals surface area contributed by atoms with Crippen LogP contribution in [0.5, 0.6) is 0 Å². The summed E-state index contributed by atoms with van der Waals surface area (Å²) >= 11 is 0. The lowest BCUT2D eigenvalue weighted by atomic mass is 10.1. The van der Waals surface area contributed by atoms with Gasteiger partial charge in [0, 0.05) is 18.5 Å². The molecule has 0 fully saturated rings. The molecule has 126 valence electrons. The van der Waals surface area contributed by atoms with Crippen molar-refractivity contribution < 1.29 is 20.6 Å². The number of fused-ring (bicyclic) bond motifs is 1. The number of aromatic nitrogens is 1. The molecule has 0 saturated heterocycles. The number of hydrogen-bond donors (Lipinski definition) is 4. The highest BCUT2D eigenvalue weighted by molar-refractivity contribution is 5.83. The van der Waals surface area contributed by atoms with Gasteiger partial charge in [-0.3, -0.25) is 0 Å².